The fourth-order valence-electron chi connectivity index (χ4n) is 2.76. The number of para-hydroxylation sites is 1. The van der Waals surface area contributed by atoms with E-state index in [9.17, 15) is 4.79 Å². The number of carbonyl (C=O) groups excluding carboxylic acids is 1. The molecule has 0 radical (unpaired) electrons. The Kier molecular flexibility index (Phi) is 4.53. The number of ether oxygens (including phenoxy) is 1. The van der Waals surface area contributed by atoms with Gasteiger partial charge in [-0.15, -0.1) is 0 Å². The molecule has 5 nitrogen and oxygen atoms in total. The summed E-state index contributed by atoms with van der Waals surface area (Å²) < 4.78 is 7.31. The normalized spacial score (nSPS) is 17.6. The molecule has 1 fully saturated rings. The van der Waals surface area contributed by atoms with Gasteiger partial charge in [-0.25, -0.2) is 4.68 Å². The first-order chi connectivity index (χ1) is 10.7. The molecule has 116 valence electrons. The Morgan fingerprint density at radius 2 is 2.27 bits per heavy atom. The highest BCUT2D eigenvalue weighted by Crippen LogP contribution is 2.20. The predicted molar refractivity (Wildman–Crippen MR) is 85.1 cm³/mol. The van der Waals surface area contributed by atoms with Crippen LogP contribution in [0.4, 0.5) is 5.82 Å². The van der Waals surface area contributed by atoms with Crippen LogP contribution in [-0.4, -0.2) is 28.4 Å². The van der Waals surface area contributed by atoms with Crippen LogP contribution in [0.1, 0.15) is 31.2 Å². The van der Waals surface area contributed by atoms with E-state index in [1.807, 2.05) is 37.3 Å². The van der Waals surface area contributed by atoms with Crippen LogP contribution in [0.15, 0.2) is 36.5 Å². The van der Waals surface area contributed by atoms with Crippen LogP contribution in [0.25, 0.3) is 5.69 Å². The lowest BCUT2D eigenvalue weighted by molar-refractivity contribution is -0.116. The minimum atomic E-state index is 0.00540. The number of aryl methyl sites for hydroxylation is 1. The maximum atomic E-state index is 12.1. The van der Waals surface area contributed by atoms with E-state index in [1.54, 1.807) is 10.9 Å². The number of nitrogens with one attached hydrogen (secondary N) is 1. The molecule has 1 aromatic carbocycles. The highest BCUT2D eigenvalue weighted by Gasteiger charge is 2.17. The predicted octanol–water partition coefficient (Wildman–Crippen LogP) is 3.08. The average molecular weight is 299 g/mol. The quantitative estimate of drug-likeness (QED) is 0.923. The molecule has 0 spiro atoms. The number of hydrogen-bond donors (Lipinski definition) is 1. The van der Waals surface area contributed by atoms with Crippen molar-refractivity contribution in [3.63, 3.8) is 0 Å². The number of carbonyl (C=O) groups is 1. The Morgan fingerprint density at radius 3 is 3.05 bits per heavy atom. The lowest BCUT2D eigenvalue weighted by Crippen LogP contribution is -2.17. The molecule has 1 saturated heterocycles. The number of anilines is 1. The monoisotopic (exact) mass is 299 g/mol. The summed E-state index contributed by atoms with van der Waals surface area (Å²) in [6.45, 7) is 2.85. The minimum Gasteiger partial charge on any atom is -0.378 e. The van der Waals surface area contributed by atoms with E-state index in [4.69, 9.17) is 4.74 Å². The molecule has 1 aliphatic heterocycles. The molecule has 22 heavy (non-hydrogen) atoms. The second-order valence-electron chi connectivity index (χ2n) is 5.64. The van der Waals surface area contributed by atoms with Crippen LogP contribution in [0.5, 0.6) is 0 Å². The third-order valence-electron chi connectivity index (χ3n) is 3.97. The van der Waals surface area contributed by atoms with Crippen molar-refractivity contribution in [2.24, 2.45) is 0 Å². The highest BCUT2D eigenvalue weighted by molar-refractivity contribution is 5.90. The van der Waals surface area contributed by atoms with Gasteiger partial charge < -0.3 is 10.1 Å². The molecule has 0 aliphatic carbocycles. The van der Waals surface area contributed by atoms with Crippen molar-refractivity contribution in [1.82, 2.24) is 9.78 Å². The van der Waals surface area contributed by atoms with Gasteiger partial charge in [0.25, 0.3) is 0 Å². The first kappa shape index (κ1) is 14.8. The molecule has 1 aliphatic rings. The summed E-state index contributed by atoms with van der Waals surface area (Å²) in [4.78, 5) is 12.1. The molecule has 3 rings (SSSR count). The Hall–Kier alpha value is -2.14. The third kappa shape index (κ3) is 3.36. The van der Waals surface area contributed by atoms with Crippen molar-refractivity contribution in [3.05, 3.63) is 42.1 Å². The van der Waals surface area contributed by atoms with E-state index in [0.29, 0.717) is 12.2 Å². The number of rotatable bonds is 5. The molecular weight excluding hydrogens is 278 g/mol. The standard InChI is InChI=1S/C17H21N3O2/c1-13-5-2-3-7-15(13)20-16(10-11-18-20)19-17(21)9-8-14-6-4-12-22-14/h2-3,5,7,10-11,14H,4,6,8-9,12H2,1H3,(H,19,21)/t14-/m1/s1. The summed E-state index contributed by atoms with van der Waals surface area (Å²) in [7, 11) is 0. The molecule has 1 aromatic heterocycles. The largest absolute Gasteiger partial charge is 0.378 e. The van der Waals surface area contributed by atoms with Crippen molar-refractivity contribution in [1.29, 1.82) is 0 Å². The second kappa shape index (κ2) is 6.75. The average Bonchev–Trinajstić information content (AvgIpc) is 3.17. The molecular formula is C17H21N3O2. The number of amides is 1. The number of hydrogen-bond acceptors (Lipinski definition) is 3. The third-order valence-corrected chi connectivity index (χ3v) is 3.97. The van der Waals surface area contributed by atoms with Gasteiger partial charge in [0.15, 0.2) is 0 Å². The molecule has 0 bridgehead atoms. The Balaban J connectivity index is 1.64. The van der Waals surface area contributed by atoms with Crippen LogP contribution < -0.4 is 5.32 Å². The fraction of sp³-hybridized carbons (Fsp3) is 0.412. The highest BCUT2D eigenvalue weighted by atomic mass is 16.5. The van der Waals surface area contributed by atoms with E-state index in [-0.39, 0.29) is 12.0 Å². The van der Waals surface area contributed by atoms with Crippen LogP contribution in [0.3, 0.4) is 0 Å². The second-order valence-corrected chi connectivity index (χ2v) is 5.64. The molecule has 2 heterocycles. The Labute approximate surface area is 130 Å². The molecule has 1 atom stereocenters. The zero-order chi connectivity index (χ0) is 15.4. The first-order valence-corrected chi connectivity index (χ1v) is 7.75. The van der Waals surface area contributed by atoms with E-state index in [0.717, 1.165) is 37.1 Å². The van der Waals surface area contributed by atoms with E-state index < -0.39 is 0 Å². The summed E-state index contributed by atoms with van der Waals surface area (Å²) in [5.74, 6) is 0.706. The molecule has 5 heteroatoms. The summed E-state index contributed by atoms with van der Waals surface area (Å²) in [5, 5.41) is 7.26. The molecule has 1 amide bonds. The fourth-order valence-corrected chi connectivity index (χ4v) is 2.76. The van der Waals surface area contributed by atoms with Gasteiger partial charge in [0.05, 0.1) is 18.0 Å². The Bertz CT molecular complexity index is 645. The minimum absolute atomic E-state index is 0.00540. The van der Waals surface area contributed by atoms with Gasteiger partial charge in [-0.05, 0) is 37.8 Å². The van der Waals surface area contributed by atoms with Crippen LogP contribution in [-0.2, 0) is 9.53 Å². The van der Waals surface area contributed by atoms with Crippen molar-refractivity contribution < 1.29 is 9.53 Å². The zero-order valence-corrected chi connectivity index (χ0v) is 12.8. The van der Waals surface area contributed by atoms with Gasteiger partial charge in [0.1, 0.15) is 5.82 Å². The van der Waals surface area contributed by atoms with Crippen molar-refractivity contribution in [2.75, 3.05) is 11.9 Å². The number of benzene rings is 1. The van der Waals surface area contributed by atoms with Crippen molar-refractivity contribution in [2.45, 2.75) is 38.7 Å². The van der Waals surface area contributed by atoms with Crippen LogP contribution >= 0.6 is 0 Å². The summed E-state index contributed by atoms with van der Waals surface area (Å²) in [5.41, 5.74) is 2.09. The summed E-state index contributed by atoms with van der Waals surface area (Å²) >= 11 is 0. The zero-order valence-electron chi connectivity index (χ0n) is 12.8. The summed E-state index contributed by atoms with van der Waals surface area (Å²) in [6.07, 6.45) is 5.36. The van der Waals surface area contributed by atoms with Crippen LogP contribution in [0, 0.1) is 6.92 Å². The van der Waals surface area contributed by atoms with Gasteiger partial charge in [-0.2, -0.15) is 5.10 Å². The smallest absolute Gasteiger partial charge is 0.225 e. The topological polar surface area (TPSA) is 56.2 Å². The lowest BCUT2D eigenvalue weighted by Gasteiger charge is -2.12. The Morgan fingerprint density at radius 1 is 1.41 bits per heavy atom. The van der Waals surface area contributed by atoms with Crippen molar-refractivity contribution >= 4 is 11.7 Å². The van der Waals surface area contributed by atoms with Gasteiger partial charge in [-0.1, -0.05) is 18.2 Å². The van der Waals surface area contributed by atoms with Gasteiger partial charge >= 0.3 is 0 Å². The maximum Gasteiger partial charge on any atom is 0.225 e. The number of aromatic nitrogens is 2. The van der Waals surface area contributed by atoms with E-state index >= 15 is 0 Å². The SMILES string of the molecule is Cc1ccccc1-n1nccc1NC(=O)CC[C@H]1CCCO1. The number of nitrogens with zero attached hydrogens (tertiary/aromatic N) is 2. The summed E-state index contributed by atoms with van der Waals surface area (Å²) in [6, 6.07) is 9.79. The first-order valence-electron chi connectivity index (χ1n) is 7.75. The van der Waals surface area contributed by atoms with E-state index in [2.05, 4.69) is 10.4 Å². The van der Waals surface area contributed by atoms with Gasteiger partial charge in [-0.3, -0.25) is 4.79 Å². The van der Waals surface area contributed by atoms with Gasteiger partial charge in [0.2, 0.25) is 5.91 Å². The molecule has 2 aromatic rings. The molecule has 1 N–H and O–H groups in total. The van der Waals surface area contributed by atoms with Gasteiger partial charge in [0, 0.05) is 19.1 Å². The van der Waals surface area contributed by atoms with Crippen LogP contribution in [0.2, 0.25) is 0 Å². The van der Waals surface area contributed by atoms with E-state index in [1.165, 1.54) is 0 Å². The molecule has 0 saturated carbocycles. The maximum absolute atomic E-state index is 12.1. The molecule has 0 unspecified atom stereocenters. The lowest BCUT2D eigenvalue weighted by atomic mass is 10.1. The van der Waals surface area contributed by atoms with Crippen molar-refractivity contribution in [3.8, 4) is 5.69 Å².